The van der Waals surface area contributed by atoms with Crippen molar-refractivity contribution in [3.63, 3.8) is 0 Å². The highest BCUT2D eigenvalue weighted by atomic mass is 16.5. The second-order valence-electron chi connectivity index (χ2n) is 4.10. The first-order valence-corrected chi connectivity index (χ1v) is 6.07. The average Bonchev–Trinajstić information content (AvgIpc) is 2.53. The van der Waals surface area contributed by atoms with Gasteiger partial charge in [0.2, 0.25) is 0 Å². The lowest BCUT2D eigenvalue weighted by atomic mass is 10.2. The number of nitrogens with zero attached hydrogens (tertiary/aromatic N) is 3. The first kappa shape index (κ1) is 13.8. The van der Waals surface area contributed by atoms with E-state index in [1.807, 2.05) is 12.1 Å². The van der Waals surface area contributed by atoms with E-state index in [4.69, 9.17) is 4.74 Å². The van der Waals surface area contributed by atoms with Crippen LogP contribution < -0.4 is 15.0 Å². The van der Waals surface area contributed by atoms with E-state index >= 15 is 0 Å². The van der Waals surface area contributed by atoms with E-state index in [1.165, 1.54) is 11.1 Å². The molecule has 0 spiro atoms. The van der Waals surface area contributed by atoms with Crippen molar-refractivity contribution >= 4 is 17.4 Å². The Hall–Kier alpha value is -2.63. The molecule has 0 saturated heterocycles. The first-order valence-electron chi connectivity index (χ1n) is 6.07. The average molecular weight is 272 g/mol. The Balaban J connectivity index is 2.22. The summed E-state index contributed by atoms with van der Waals surface area (Å²) in [4.78, 5) is 22.0. The molecule has 104 valence electrons. The Morgan fingerprint density at radius 2 is 1.95 bits per heavy atom. The zero-order valence-electron chi connectivity index (χ0n) is 11.6. The van der Waals surface area contributed by atoms with Crippen molar-refractivity contribution in [2.24, 2.45) is 0 Å². The summed E-state index contributed by atoms with van der Waals surface area (Å²) < 4.78 is 5.09. The van der Waals surface area contributed by atoms with E-state index in [9.17, 15) is 4.79 Å². The van der Waals surface area contributed by atoms with E-state index < -0.39 is 0 Å². The Bertz CT molecular complexity index is 598. The molecule has 0 aliphatic heterocycles. The van der Waals surface area contributed by atoms with Crippen LogP contribution >= 0.6 is 0 Å². The lowest BCUT2D eigenvalue weighted by Gasteiger charge is -2.17. The summed E-state index contributed by atoms with van der Waals surface area (Å²) in [5.41, 5.74) is 1.04. The second kappa shape index (κ2) is 6.01. The molecule has 0 aliphatic carbocycles. The number of hydrogen-bond donors (Lipinski definition) is 1. The number of benzene rings is 1. The third-order valence-corrected chi connectivity index (χ3v) is 2.87. The molecule has 0 aliphatic rings. The van der Waals surface area contributed by atoms with Crippen molar-refractivity contribution in [3.05, 3.63) is 42.4 Å². The fourth-order valence-corrected chi connectivity index (χ4v) is 1.68. The molecule has 6 heteroatoms. The molecule has 0 fully saturated rings. The van der Waals surface area contributed by atoms with Crippen LogP contribution in [0.25, 0.3) is 0 Å². The van der Waals surface area contributed by atoms with Gasteiger partial charge in [-0.2, -0.15) is 0 Å². The van der Waals surface area contributed by atoms with Crippen LogP contribution in [0.15, 0.2) is 36.7 Å². The molecule has 0 saturated carbocycles. The Labute approximate surface area is 117 Å². The SMILES string of the molecule is CNc1cncc(C(=O)N(C)c2ccc(OC)cc2)n1. The molecular formula is C14H16N4O2. The first-order chi connectivity index (χ1) is 9.65. The predicted octanol–water partition coefficient (Wildman–Crippen LogP) is 1.80. The van der Waals surface area contributed by atoms with Crippen molar-refractivity contribution in [2.75, 3.05) is 31.4 Å². The highest BCUT2D eigenvalue weighted by Gasteiger charge is 2.15. The summed E-state index contributed by atoms with van der Waals surface area (Å²) >= 11 is 0. The van der Waals surface area contributed by atoms with Crippen molar-refractivity contribution in [3.8, 4) is 5.75 Å². The molecule has 6 nitrogen and oxygen atoms in total. The second-order valence-corrected chi connectivity index (χ2v) is 4.10. The molecule has 0 bridgehead atoms. The van der Waals surface area contributed by atoms with Crippen molar-refractivity contribution in [1.29, 1.82) is 0 Å². The van der Waals surface area contributed by atoms with Crippen LogP contribution in [0.4, 0.5) is 11.5 Å². The maximum absolute atomic E-state index is 12.3. The molecule has 20 heavy (non-hydrogen) atoms. The molecule has 1 aromatic heterocycles. The van der Waals surface area contributed by atoms with Crippen LogP contribution in [-0.2, 0) is 0 Å². The molecule has 0 unspecified atom stereocenters. The van der Waals surface area contributed by atoms with Crippen LogP contribution in [0, 0.1) is 0 Å². The number of ether oxygens (including phenoxy) is 1. The van der Waals surface area contributed by atoms with Gasteiger partial charge in [0.05, 0.1) is 19.5 Å². The number of aromatic nitrogens is 2. The molecule has 2 rings (SSSR count). The smallest absolute Gasteiger partial charge is 0.278 e. The minimum atomic E-state index is -0.222. The fourth-order valence-electron chi connectivity index (χ4n) is 1.68. The van der Waals surface area contributed by atoms with Gasteiger partial charge in [0.15, 0.2) is 0 Å². The van der Waals surface area contributed by atoms with E-state index in [1.54, 1.807) is 39.5 Å². The third-order valence-electron chi connectivity index (χ3n) is 2.87. The number of hydrogen-bond acceptors (Lipinski definition) is 5. The molecular weight excluding hydrogens is 256 g/mol. The van der Waals surface area contributed by atoms with Crippen molar-refractivity contribution in [2.45, 2.75) is 0 Å². The number of anilines is 2. The number of amides is 1. The van der Waals surface area contributed by atoms with Crippen LogP contribution in [0.2, 0.25) is 0 Å². The van der Waals surface area contributed by atoms with Crippen molar-refractivity contribution in [1.82, 2.24) is 9.97 Å². The van der Waals surface area contributed by atoms with Crippen LogP contribution in [0.5, 0.6) is 5.75 Å². The maximum atomic E-state index is 12.3. The van der Waals surface area contributed by atoms with Gasteiger partial charge in [0.1, 0.15) is 17.3 Å². The lowest BCUT2D eigenvalue weighted by molar-refractivity contribution is 0.0988. The van der Waals surface area contributed by atoms with Gasteiger partial charge in [0, 0.05) is 19.8 Å². The maximum Gasteiger partial charge on any atom is 0.278 e. The van der Waals surface area contributed by atoms with Crippen LogP contribution in [-0.4, -0.2) is 37.1 Å². The molecule has 1 heterocycles. The van der Waals surface area contributed by atoms with Gasteiger partial charge in [-0.15, -0.1) is 0 Å². The summed E-state index contributed by atoms with van der Waals surface area (Å²) in [7, 11) is 5.02. The summed E-state index contributed by atoms with van der Waals surface area (Å²) in [6, 6.07) is 7.22. The number of carbonyl (C=O) groups excluding carboxylic acids is 1. The van der Waals surface area contributed by atoms with Gasteiger partial charge in [-0.1, -0.05) is 0 Å². The zero-order chi connectivity index (χ0) is 14.5. The number of carbonyl (C=O) groups is 1. The van der Waals surface area contributed by atoms with Crippen molar-refractivity contribution < 1.29 is 9.53 Å². The van der Waals surface area contributed by atoms with Gasteiger partial charge < -0.3 is 15.0 Å². The predicted molar refractivity (Wildman–Crippen MR) is 77.3 cm³/mol. The summed E-state index contributed by atoms with van der Waals surface area (Å²) in [5, 5.41) is 2.86. The zero-order valence-corrected chi connectivity index (χ0v) is 11.6. The van der Waals surface area contributed by atoms with Gasteiger partial charge in [-0.3, -0.25) is 9.78 Å². The number of methoxy groups -OCH3 is 1. The van der Waals surface area contributed by atoms with E-state index in [2.05, 4.69) is 15.3 Å². The van der Waals surface area contributed by atoms with E-state index in [0.29, 0.717) is 5.82 Å². The Kier molecular flexibility index (Phi) is 4.14. The summed E-state index contributed by atoms with van der Waals surface area (Å²) in [5.74, 6) is 1.07. The highest BCUT2D eigenvalue weighted by molar-refractivity contribution is 6.04. The fraction of sp³-hybridized carbons (Fsp3) is 0.214. The van der Waals surface area contributed by atoms with Gasteiger partial charge >= 0.3 is 0 Å². The topological polar surface area (TPSA) is 67.4 Å². The quantitative estimate of drug-likeness (QED) is 0.919. The van der Waals surface area contributed by atoms with Crippen LogP contribution in [0.3, 0.4) is 0 Å². The molecule has 1 N–H and O–H groups in total. The molecule has 0 atom stereocenters. The molecule has 2 aromatic rings. The minimum absolute atomic E-state index is 0.222. The molecule has 0 radical (unpaired) electrons. The monoisotopic (exact) mass is 272 g/mol. The van der Waals surface area contributed by atoms with Gasteiger partial charge in [-0.05, 0) is 24.3 Å². The summed E-state index contributed by atoms with van der Waals surface area (Å²) in [6.45, 7) is 0. The minimum Gasteiger partial charge on any atom is -0.497 e. The van der Waals surface area contributed by atoms with Gasteiger partial charge in [-0.25, -0.2) is 4.98 Å². The standard InChI is InChI=1S/C14H16N4O2/c1-15-13-9-16-8-12(17-13)14(19)18(2)10-4-6-11(20-3)7-5-10/h4-9H,1-3H3,(H,15,17). The Morgan fingerprint density at radius 3 is 2.55 bits per heavy atom. The molecule has 1 amide bonds. The van der Waals surface area contributed by atoms with E-state index in [-0.39, 0.29) is 11.6 Å². The highest BCUT2D eigenvalue weighted by Crippen LogP contribution is 2.19. The number of rotatable bonds is 4. The Morgan fingerprint density at radius 1 is 1.25 bits per heavy atom. The van der Waals surface area contributed by atoms with Gasteiger partial charge in [0.25, 0.3) is 5.91 Å². The summed E-state index contributed by atoms with van der Waals surface area (Å²) in [6.07, 6.45) is 3.01. The molecule has 1 aromatic carbocycles. The largest absolute Gasteiger partial charge is 0.497 e. The number of nitrogens with one attached hydrogen (secondary N) is 1. The lowest BCUT2D eigenvalue weighted by Crippen LogP contribution is -2.27. The normalized spacial score (nSPS) is 9.95. The van der Waals surface area contributed by atoms with Crippen LogP contribution in [0.1, 0.15) is 10.5 Å². The third kappa shape index (κ3) is 2.85. The van der Waals surface area contributed by atoms with E-state index in [0.717, 1.165) is 11.4 Å².